The lowest BCUT2D eigenvalue weighted by molar-refractivity contribution is 0.576. The van der Waals surface area contributed by atoms with Gasteiger partial charge in [0, 0.05) is 30.8 Å². The SMILES string of the molecule is Cc1ccc(S(=O)(=O)NCCNCc2cn[nH]c2-c2cccc(C)c2)cc1. The smallest absolute Gasteiger partial charge is 0.240 e. The fraction of sp³-hybridized carbons (Fsp3) is 0.250. The maximum Gasteiger partial charge on any atom is 0.240 e. The van der Waals surface area contributed by atoms with Crippen LogP contribution in [0.25, 0.3) is 11.3 Å². The van der Waals surface area contributed by atoms with Gasteiger partial charge in [-0.25, -0.2) is 13.1 Å². The Hall–Kier alpha value is -2.48. The third-order valence-electron chi connectivity index (χ3n) is 4.27. The van der Waals surface area contributed by atoms with Crippen LogP contribution in [-0.4, -0.2) is 31.7 Å². The fourth-order valence-electron chi connectivity index (χ4n) is 2.79. The van der Waals surface area contributed by atoms with Crippen LogP contribution in [0.4, 0.5) is 0 Å². The van der Waals surface area contributed by atoms with E-state index in [1.165, 1.54) is 5.56 Å². The van der Waals surface area contributed by atoms with Crippen LogP contribution in [0.3, 0.4) is 0 Å². The summed E-state index contributed by atoms with van der Waals surface area (Å²) in [4.78, 5) is 0.282. The summed E-state index contributed by atoms with van der Waals surface area (Å²) < 4.78 is 27.1. The van der Waals surface area contributed by atoms with Crippen molar-refractivity contribution in [2.24, 2.45) is 0 Å². The van der Waals surface area contributed by atoms with E-state index < -0.39 is 10.0 Å². The second-order valence-corrected chi connectivity index (χ2v) is 8.29. The first-order valence-electron chi connectivity index (χ1n) is 8.82. The zero-order valence-electron chi connectivity index (χ0n) is 15.5. The lowest BCUT2D eigenvalue weighted by Crippen LogP contribution is -2.31. The molecule has 1 aromatic heterocycles. The summed E-state index contributed by atoms with van der Waals surface area (Å²) in [7, 11) is -3.48. The number of nitrogens with one attached hydrogen (secondary N) is 3. The molecule has 0 unspecified atom stereocenters. The largest absolute Gasteiger partial charge is 0.311 e. The summed E-state index contributed by atoms with van der Waals surface area (Å²) in [5, 5.41) is 10.4. The first-order chi connectivity index (χ1) is 13.0. The van der Waals surface area contributed by atoms with E-state index in [0.29, 0.717) is 19.6 Å². The molecule has 142 valence electrons. The van der Waals surface area contributed by atoms with Crippen LogP contribution in [0.1, 0.15) is 16.7 Å². The highest BCUT2D eigenvalue weighted by Crippen LogP contribution is 2.21. The number of hydrogen-bond acceptors (Lipinski definition) is 4. The molecule has 0 saturated carbocycles. The van der Waals surface area contributed by atoms with Gasteiger partial charge in [0.15, 0.2) is 0 Å². The van der Waals surface area contributed by atoms with E-state index >= 15 is 0 Å². The van der Waals surface area contributed by atoms with E-state index in [4.69, 9.17) is 0 Å². The molecule has 0 fully saturated rings. The van der Waals surface area contributed by atoms with Crippen LogP contribution >= 0.6 is 0 Å². The maximum absolute atomic E-state index is 12.3. The number of rotatable bonds is 8. The summed E-state index contributed by atoms with van der Waals surface area (Å²) in [5.74, 6) is 0. The van der Waals surface area contributed by atoms with Crippen LogP contribution in [0.2, 0.25) is 0 Å². The van der Waals surface area contributed by atoms with Crippen molar-refractivity contribution >= 4 is 10.0 Å². The number of benzene rings is 2. The molecule has 0 atom stereocenters. The highest BCUT2D eigenvalue weighted by atomic mass is 32.2. The summed E-state index contributed by atoms with van der Waals surface area (Å²) in [6.07, 6.45) is 1.79. The van der Waals surface area contributed by atoms with Crippen molar-refractivity contribution in [2.45, 2.75) is 25.3 Å². The van der Waals surface area contributed by atoms with E-state index in [2.05, 4.69) is 39.3 Å². The molecule has 0 aliphatic rings. The van der Waals surface area contributed by atoms with Gasteiger partial charge in [-0.05, 0) is 32.0 Å². The van der Waals surface area contributed by atoms with Crippen molar-refractivity contribution in [2.75, 3.05) is 13.1 Å². The Labute approximate surface area is 160 Å². The van der Waals surface area contributed by atoms with Crippen LogP contribution in [0.15, 0.2) is 59.6 Å². The van der Waals surface area contributed by atoms with Gasteiger partial charge in [0.1, 0.15) is 0 Å². The fourth-order valence-corrected chi connectivity index (χ4v) is 3.83. The number of nitrogens with zero attached hydrogens (tertiary/aromatic N) is 1. The third kappa shape index (κ3) is 5.03. The molecular formula is C20H24N4O2S. The van der Waals surface area contributed by atoms with Gasteiger partial charge in [-0.2, -0.15) is 5.10 Å². The second kappa shape index (κ2) is 8.47. The molecular weight excluding hydrogens is 360 g/mol. The standard InChI is InChI=1S/C20H24N4O2S/c1-15-6-8-19(9-7-15)27(25,26)23-11-10-21-13-18-14-22-24-20(18)17-5-3-4-16(2)12-17/h3-9,12,14,21,23H,10-11,13H2,1-2H3,(H,22,24). The predicted molar refractivity (Wildman–Crippen MR) is 107 cm³/mol. The maximum atomic E-state index is 12.3. The van der Waals surface area contributed by atoms with Crippen molar-refractivity contribution in [3.63, 3.8) is 0 Å². The highest BCUT2D eigenvalue weighted by Gasteiger charge is 2.12. The van der Waals surface area contributed by atoms with Gasteiger partial charge in [-0.1, -0.05) is 41.5 Å². The lowest BCUT2D eigenvalue weighted by atomic mass is 10.1. The lowest BCUT2D eigenvalue weighted by Gasteiger charge is -2.09. The average molecular weight is 385 g/mol. The number of H-pyrrole nitrogens is 1. The Kier molecular flexibility index (Phi) is 6.05. The molecule has 1 heterocycles. The molecule has 27 heavy (non-hydrogen) atoms. The quantitative estimate of drug-likeness (QED) is 0.521. The van der Waals surface area contributed by atoms with Crippen LogP contribution < -0.4 is 10.0 Å². The Morgan fingerprint density at radius 2 is 1.78 bits per heavy atom. The van der Waals surface area contributed by atoms with E-state index in [0.717, 1.165) is 22.4 Å². The van der Waals surface area contributed by atoms with Gasteiger partial charge in [-0.15, -0.1) is 0 Å². The number of sulfonamides is 1. The molecule has 3 N–H and O–H groups in total. The zero-order chi connectivity index (χ0) is 19.3. The van der Waals surface area contributed by atoms with Gasteiger partial charge in [0.05, 0.1) is 16.8 Å². The molecule has 3 rings (SSSR count). The molecule has 0 amide bonds. The normalized spacial score (nSPS) is 11.6. The molecule has 3 aromatic rings. The molecule has 0 spiro atoms. The van der Waals surface area contributed by atoms with Gasteiger partial charge < -0.3 is 5.32 Å². The monoisotopic (exact) mass is 384 g/mol. The highest BCUT2D eigenvalue weighted by molar-refractivity contribution is 7.89. The Morgan fingerprint density at radius 3 is 2.52 bits per heavy atom. The van der Waals surface area contributed by atoms with E-state index in [1.54, 1.807) is 30.5 Å². The van der Waals surface area contributed by atoms with Crippen LogP contribution in [-0.2, 0) is 16.6 Å². The number of aryl methyl sites for hydroxylation is 2. The minimum Gasteiger partial charge on any atom is -0.311 e. The Balaban J connectivity index is 1.51. The van der Waals surface area contributed by atoms with Gasteiger partial charge >= 0.3 is 0 Å². The minimum absolute atomic E-state index is 0.282. The molecule has 0 bridgehead atoms. The minimum atomic E-state index is -3.48. The first kappa shape index (κ1) is 19.3. The molecule has 0 aliphatic heterocycles. The average Bonchev–Trinajstić information content (AvgIpc) is 3.10. The van der Waals surface area contributed by atoms with Gasteiger partial charge in [0.25, 0.3) is 0 Å². The van der Waals surface area contributed by atoms with Gasteiger partial charge in [-0.3, -0.25) is 5.10 Å². The summed E-state index contributed by atoms with van der Waals surface area (Å²) >= 11 is 0. The number of aromatic amines is 1. The molecule has 6 nitrogen and oxygen atoms in total. The summed E-state index contributed by atoms with van der Waals surface area (Å²) in [6, 6.07) is 15.0. The van der Waals surface area contributed by atoms with Crippen molar-refractivity contribution in [3.05, 3.63) is 71.4 Å². The number of aromatic nitrogens is 2. The van der Waals surface area contributed by atoms with Crippen molar-refractivity contribution in [1.29, 1.82) is 0 Å². The van der Waals surface area contributed by atoms with E-state index in [9.17, 15) is 8.42 Å². The molecule has 0 saturated heterocycles. The van der Waals surface area contributed by atoms with Gasteiger partial charge in [0.2, 0.25) is 10.0 Å². The zero-order valence-corrected chi connectivity index (χ0v) is 16.3. The molecule has 2 aromatic carbocycles. The van der Waals surface area contributed by atoms with Crippen molar-refractivity contribution in [1.82, 2.24) is 20.2 Å². The molecule has 0 aliphatic carbocycles. The van der Waals surface area contributed by atoms with Crippen LogP contribution in [0.5, 0.6) is 0 Å². The summed E-state index contributed by atoms with van der Waals surface area (Å²) in [6.45, 7) is 5.41. The Morgan fingerprint density at radius 1 is 1.00 bits per heavy atom. The molecule has 0 radical (unpaired) electrons. The van der Waals surface area contributed by atoms with Crippen molar-refractivity contribution in [3.8, 4) is 11.3 Å². The molecule has 7 heteroatoms. The summed E-state index contributed by atoms with van der Waals surface area (Å²) in [5.41, 5.74) is 5.32. The van der Waals surface area contributed by atoms with E-state index in [1.807, 2.05) is 19.1 Å². The second-order valence-electron chi connectivity index (χ2n) is 6.53. The third-order valence-corrected chi connectivity index (χ3v) is 5.74. The van der Waals surface area contributed by atoms with Crippen LogP contribution in [0, 0.1) is 13.8 Å². The first-order valence-corrected chi connectivity index (χ1v) is 10.3. The number of hydrogen-bond donors (Lipinski definition) is 3. The topological polar surface area (TPSA) is 86.9 Å². The predicted octanol–water partition coefficient (Wildman–Crippen LogP) is 2.76. The van der Waals surface area contributed by atoms with E-state index in [-0.39, 0.29) is 4.90 Å². The van der Waals surface area contributed by atoms with Crippen molar-refractivity contribution < 1.29 is 8.42 Å². The Bertz CT molecular complexity index is 995.